The van der Waals surface area contributed by atoms with Gasteiger partial charge in [-0.1, -0.05) is 13.8 Å². The van der Waals surface area contributed by atoms with Crippen molar-refractivity contribution in [1.29, 1.82) is 0 Å². The molecular formula is C10H18O5Ti. The molecule has 5 nitrogen and oxygen atoms in total. The van der Waals surface area contributed by atoms with Gasteiger partial charge in [0.05, 0.1) is 0 Å². The van der Waals surface area contributed by atoms with Gasteiger partial charge in [-0.2, -0.15) is 0 Å². The summed E-state index contributed by atoms with van der Waals surface area (Å²) < 4.78 is 8.25. The molecule has 2 atom stereocenters. The molecule has 0 radical (unpaired) electrons. The summed E-state index contributed by atoms with van der Waals surface area (Å²) in [6.45, 7) is 5.82. The van der Waals surface area contributed by atoms with Gasteiger partial charge in [-0.15, -0.1) is 12.2 Å². The number of hydrogen-bond acceptors (Lipinski definition) is 5. The first-order valence-corrected chi connectivity index (χ1v) is 5.40. The average molecular weight is 266 g/mol. The number of ketones is 2. The maximum absolute atomic E-state index is 10.1. The summed E-state index contributed by atoms with van der Waals surface area (Å²) in [5.74, 6) is -0.0509. The minimum absolute atomic E-state index is 0.0255. The van der Waals surface area contributed by atoms with Gasteiger partial charge in [0.1, 0.15) is 11.6 Å². The molecule has 0 aromatic rings. The van der Waals surface area contributed by atoms with E-state index in [0.717, 1.165) is 20.4 Å². The molecule has 0 aromatic heterocycles. The van der Waals surface area contributed by atoms with Crippen LogP contribution in [-0.4, -0.2) is 23.8 Å². The topological polar surface area (TPSA) is 97.3 Å². The fourth-order valence-electron chi connectivity index (χ4n) is 0.810. The second-order valence-corrected chi connectivity index (χ2v) is 3.43. The van der Waals surface area contributed by atoms with E-state index in [9.17, 15) is 19.8 Å². The van der Waals surface area contributed by atoms with Crippen LogP contribution < -0.4 is 10.2 Å². The van der Waals surface area contributed by atoms with Crippen molar-refractivity contribution in [3.05, 3.63) is 0 Å². The summed E-state index contributed by atoms with van der Waals surface area (Å²) in [5, 5.41) is 20.2. The molecule has 0 N–H and O–H groups in total. The van der Waals surface area contributed by atoms with Gasteiger partial charge in [0, 0.05) is 0 Å². The minimum atomic E-state index is -0.725. The second-order valence-electron chi connectivity index (χ2n) is 3.43. The number of carbonyl (C=O) groups is 2. The van der Waals surface area contributed by atoms with E-state index >= 15 is 0 Å². The summed E-state index contributed by atoms with van der Waals surface area (Å²) in [6, 6.07) is 0. The van der Waals surface area contributed by atoms with Gasteiger partial charge in [-0.05, 0) is 26.7 Å². The molecule has 0 saturated carbocycles. The molecule has 0 heterocycles. The van der Waals surface area contributed by atoms with Crippen molar-refractivity contribution in [3.63, 3.8) is 0 Å². The Kier molecular flexibility index (Phi) is 19.5. The molecule has 0 saturated heterocycles. The van der Waals surface area contributed by atoms with Crippen molar-refractivity contribution in [1.82, 2.24) is 0 Å². The van der Waals surface area contributed by atoms with E-state index < -0.39 is 12.2 Å². The Bertz CT molecular complexity index is 172. The van der Waals surface area contributed by atoms with Crippen LogP contribution in [0.4, 0.5) is 0 Å². The van der Waals surface area contributed by atoms with E-state index in [4.69, 9.17) is 3.32 Å². The molecule has 0 bridgehead atoms. The zero-order chi connectivity index (χ0) is 13.7. The molecule has 0 fully saturated rings. The Morgan fingerprint density at radius 2 is 1.12 bits per heavy atom. The van der Waals surface area contributed by atoms with E-state index in [-0.39, 0.29) is 24.4 Å². The normalized spacial score (nSPS) is 12.2. The van der Waals surface area contributed by atoms with Crippen molar-refractivity contribution < 1.29 is 43.5 Å². The van der Waals surface area contributed by atoms with Crippen LogP contribution in [0.3, 0.4) is 0 Å². The molecule has 0 aliphatic heterocycles. The number of carbonyl (C=O) groups excluding carboxylic acids is 2. The molecule has 0 amide bonds. The third-order valence-electron chi connectivity index (χ3n) is 1.15. The standard InChI is InChI=1S/2C5H9O2.O.Ti/c2*1-4(6)3-5(2)7;;/h2*4H,3H2,1-2H3;;/q2*-1;;+2. The number of Topliss-reactive ketones (excluding diaryl/α,β-unsaturated/α-hetero) is 2. The van der Waals surface area contributed by atoms with Gasteiger partial charge in [0.25, 0.3) is 0 Å². The van der Waals surface area contributed by atoms with E-state index in [1.54, 1.807) is 0 Å². The Balaban J connectivity index is -0.000000183. The van der Waals surface area contributed by atoms with Gasteiger partial charge in [-0.25, -0.2) is 0 Å². The van der Waals surface area contributed by atoms with E-state index in [1.807, 2.05) is 0 Å². The van der Waals surface area contributed by atoms with E-state index in [0.29, 0.717) is 0 Å². The first-order chi connectivity index (χ1) is 7.25. The average Bonchev–Trinajstić information content (AvgIpc) is 2.03. The Hall–Kier alpha value is -0.226. The van der Waals surface area contributed by atoms with E-state index in [2.05, 4.69) is 0 Å². The molecule has 0 aliphatic rings. The maximum atomic E-state index is 10.1. The monoisotopic (exact) mass is 266 g/mol. The molecule has 16 heavy (non-hydrogen) atoms. The number of hydrogen-bond donors (Lipinski definition) is 0. The summed E-state index contributed by atoms with van der Waals surface area (Å²) in [7, 11) is 0. The van der Waals surface area contributed by atoms with Gasteiger partial charge in [0.15, 0.2) is 0 Å². The SMILES string of the molecule is CC(=O)CC(C)[O-].CC(=O)CC(C)[O-].[O]=[Ti+2]. The molecular weight excluding hydrogens is 248 g/mol. The van der Waals surface area contributed by atoms with Crippen molar-refractivity contribution in [2.75, 3.05) is 0 Å². The van der Waals surface area contributed by atoms with E-state index in [1.165, 1.54) is 27.7 Å². The first-order valence-electron chi connectivity index (χ1n) is 4.76. The van der Waals surface area contributed by atoms with Crippen LogP contribution in [0, 0.1) is 0 Å². The third kappa shape index (κ3) is 37.2. The summed E-state index contributed by atoms with van der Waals surface area (Å²) in [4.78, 5) is 20.1. The predicted molar refractivity (Wildman–Crippen MR) is 50.2 cm³/mol. The first kappa shape index (κ1) is 21.1. The van der Waals surface area contributed by atoms with Crippen molar-refractivity contribution in [3.8, 4) is 0 Å². The summed E-state index contributed by atoms with van der Waals surface area (Å²) in [5.41, 5.74) is 0. The Morgan fingerprint density at radius 3 is 1.12 bits per heavy atom. The van der Waals surface area contributed by atoms with Crippen LogP contribution >= 0.6 is 0 Å². The van der Waals surface area contributed by atoms with Crippen molar-refractivity contribution in [2.45, 2.75) is 52.7 Å². The quantitative estimate of drug-likeness (QED) is 0.627. The molecule has 0 rings (SSSR count). The van der Waals surface area contributed by atoms with Crippen LogP contribution in [0.2, 0.25) is 0 Å². The van der Waals surface area contributed by atoms with Crippen molar-refractivity contribution >= 4 is 11.6 Å². The number of rotatable bonds is 4. The fraction of sp³-hybridized carbons (Fsp3) is 0.800. The molecule has 92 valence electrons. The molecule has 0 aliphatic carbocycles. The molecule has 0 spiro atoms. The second kappa shape index (κ2) is 14.8. The van der Waals surface area contributed by atoms with Crippen LogP contribution in [0.25, 0.3) is 0 Å². The summed E-state index contributed by atoms with van der Waals surface area (Å²) in [6.07, 6.45) is -1.12. The zero-order valence-corrected chi connectivity index (χ0v) is 11.7. The fourth-order valence-corrected chi connectivity index (χ4v) is 0.810. The Morgan fingerprint density at radius 1 is 0.938 bits per heavy atom. The Labute approximate surface area is 108 Å². The van der Waals surface area contributed by atoms with Crippen LogP contribution in [0.5, 0.6) is 0 Å². The molecule has 6 heteroatoms. The predicted octanol–water partition coefficient (Wildman–Crippen LogP) is -0.693. The summed E-state index contributed by atoms with van der Waals surface area (Å²) >= 11 is 0.750. The van der Waals surface area contributed by atoms with Gasteiger partial charge in [0.2, 0.25) is 0 Å². The van der Waals surface area contributed by atoms with Gasteiger partial charge < -0.3 is 19.8 Å². The van der Waals surface area contributed by atoms with Crippen LogP contribution in [0.1, 0.15) is 40.5 Å². The zero-order valence-electron chi connectivity index (χ0n) is 10.1. The van der Waals surface area contributed by atoms with Gasteiger partial charge >= 0.3 is 23.7 Å². The van der Waals surface area contributed by atoms with Gasteiger partial charge in [-0.3, -0.25) is 0 Å². The van der Waals surface area contributed by atoms with Crippen molar-refractivity contribution in [2.24, 2.45) is 0 Å². The van der Waals surface area contributed by atoms with Crippen LogP contribution in [0.15, 0.2) is 0 Å². The molecule has 0 aromatic carbocycles. The van der Waals surface area contributed by atoms with Crippen LogP contribution in [-0.2, 0) is 33.3 Å². The molecule has 2 unspecified atom stereocenters. The third-order valence-corrected chi connectivity index (χ3v) is 1.15.